The first-order valence-corrected chi connectivity index (χ1v) is 7.85. The molecule has 20 heavy (non-hydrogen) atoms. The van der Waals surface area contributed by atoms with Gasteiger partial charge < -0.3 is 5.32 Å². The van der Waals surface area contributed by atoms with Crippen LogP contribution < -0.4 is 5.32 Å². The number of nitrogens with zero attached hydrogens (tertiary/aromatic N) is 2. The largest absolute Gasteiger partial charge is 0.313 e. The summed E-state index contributed by atoms with van der Waals surface area (Å²) in [5.74, 6) is 0. The zero-order valence-electron chi connectivity index (χ0n) is 12.0. The predicted molar refractivity (Wildman–Crippen MR) is 87.2 cm³/mol. The molecule has 0 spiro atoms. The molecule has 1 atom stereocenters. The van der Waals surface area contributed by atoms with E-state index in [1.165, 1.54) is 5.56 Å². The van der Waals surface area contributed by atoms with Crippen molar-refractivity contribution in [3.8, 4) is 0 Å². The number of aromatic nitrogens is 2. The molecule has 1 heterocycles. The minimum absolute atomic E-state index is 0.220. The minimum atomic E-state index is 0.220. The number of aryl methyl sites for hydroxylation is 2. The molecule has 1 N–H and O–H groups in total. The molecule has 2 rings (SSSR count). The van der Waals surface area contributed by atoms with Crippen LogP contribution in [0.3, 0.4) is 0 Å². The van der Waals surface area contributed by atoms with E-state index in [-0.39, 0.29) is 6.04 Å². The Bertz CT molecular complexity index is 595. The molecule has 5 heteroatoms. The predicted octanol–water partition coefficient (Wildman–Crippen LogP) is 3.90. The Kier molecular flexibility index (Phi) is 5.24. The highest BCUT2D eigenvalue weighted by atomic mass is 79.9. The van der Waals surface area contributed by atoms with E-state index in [9.17, 15) is 0 Å². The van der Waals surface area contributed by atoms with Crippen molar-refractivity contribution in [1.82, 2.24) is 15.1 Å². The van der Waals surface area contributed by atoms with Crippen LogP contribution in [-0.4, -0.2) is 16.8 Å². The van der Waals surface area contributed by atoms with Crippen molar-refractivity contribution in [2.75, 3.05) is 7.05 Å². The van der Waals surface area contributed by atoms with Crippen LogP contribution in [0.2, 0.25) is 5.02 Å². The van der Waals surface area contributed by atoms with Crippen LogP contribution in [0, 0.1) is 0 Å². The number of benzene rings is 1. The second kappa shape index (κ2) is 6.74. The van der Waals surface area contributed by atoms with Gasteiger partial charge in [-0.05, 0) is 37.6 Å². The van der Waals surface area contributed by atoms with Gasteiger partial charge in [0, 0.05) is 34.3 Å². The molecule has 0 fully saturated rings. The Labute approximate surface area is 133 Å². The molecule has 0 amide bonds. The number of hydrogen-bond acceptors (Lipinski definition) is 2. The Morgan fingerprint density at radius 1 is 1.45 bits per heavy atom. The van der Waals surface area contributed by atoms with E-state index >= 15 is 0 Å². The zero-order chi connectivity index (χ0) is 14.7. The molecule has 1 aromatic heterocycles. The Balaban J connectivity index is 2.28. The van der Waals surface area contributed by atoms with Crippen LogP contribution in [-0.2, 0) is 19.9 Å². The average molecular weight is 357 g/mol. The zero-order valence-corrected chi connectivity index (χ0v) is 14.3. The number of halogens is 2. The van der Waals surface area contributed by atoms with Crippen molar-refractivity contribution in [3.05, 3.63) is 50.7 Å². The van der Waals surface area contributed by atoms with Crippen LogP contribution in [0.5, 0.6) is 0 Å². The fourth-order valence-corrected chi connectivity index (χ4v) is 3.14. The summed E-state index contributed by atoms with van der Waals surface area (Å²) in [5, 5.41) is 8.68. The van der Waals surface area contributed by atoms with Gasteiger partial charge in [0.25, 0.3) is 0 Å². The maximum absolute atomic E-state index is 6.32. The SMILES string of the molecule is CCc1nn(C)cc1C(Cc1ccc(Br)cc1Cl)NC. The third kappa shape index (κ3) is 3.43. The van der Waals surface area contributed by atoms with Gasteiger partial charge in [-0.3, -0.25) is 4.68 Å². The number of nitrogens with one attached hydrogen (secondary N) is 1. The summed E-state index contributed by atoms with van der Waals surface area (Å²) in [6.07, 6.45) is 3.87. The lowest BCUT2D eigenvalue weighted by Crippen LogP contribution is -2.19. The van der Waals surface area contributed by atoms with Crippen molar-refractivity contribution < 1.29 is 0 Å². The molecule has 2 aromatic rings. The van der Waals surface area contributed by atoms with Crippen LogP contribution >= 0.6 is 27.5 Å². The topological polar surface area (TPSA) is 29.9 Å². The van der Waals surface area contributed by atoms with Gasteiger partial charge in [0.1, 0.15) is 0 Å². The summed E-state index contributed by atoms with van der Waals surface area (Å²) in [6.45, 7) is 2.13. The lowest BCUT2D eigenvalue weighted by Gasteiger charge is -2.17. The second-order valence-electron chi connectivity index (χ2n) is 4.84. The Hall–Kier alpha value is -0.840. The van der Waals surface area contributed by atoms with Gasteiger partial charge in [-0.2, -0.15) is 5.10 Å². The molecule has 0 aliphatic heterocycles. The van der Waals surface area contributed by atoms with Crippen LogP contribution in [0.1, 0.15) is 29.8 Å². The summed E-state index contributed by atoms with van der Waals surface area (Å²) < 4.78 is 2.88. The van der Waals surface area contributed by atoms with E-state index in [4.69, 9.17) is 11.6 Å². The molecule has 0 radical (unpaired) electrons. The summed E-state index contributed by atoms with van der Waals surface area (Å²) in [4.78, 5) is 0. The number of hydrogen-bond donors (Lipinski definition) is 1. The van der Waals surface area contributed by atoms with Gasteiger partial charge in [-0.1, -0.05) is 40.5 Å². The first-order valence-electron chi connectivity index (χ1n) is 6.68. The Morgan fingerprint density at radius 3 is 2.80 bits per heavy atom. The van der Waals surface area contributed by atoms with Crippen molar-refractivity contribution in [1.29, 1.82) is 0 Å². The highest BCUT2D eigenvalue weighted by Gasteiger charge is 2.17. The fourth-order valence-electron chi connectivity index (χ4n) is 2.39. The molecule has 1 unspecified atom stereocenters. The first-order chi connectivity index (χ1) is 9.55. The molecule has 3 nitrogen and oxygen atoms in total. The van der Waals surface area contributed by atoms with E-state index in [0.717, 1.165) is 33.6 Å². The molecular weight excluding hydrogens is 338 g/mol. The van der Waals surface area contributed by atoms with Crippen molar-refractivity contribution in [2.45, 2.75) is 25.8 Å². The van der Waals surface area contributed by atoms with Gasteiger partial charge in [-0.25, -0.2) is 0 Å². The van der Waals surface area contributed by atoms with Gasteiger partial charge in [0.15, 0.2) is 0 Å². The summed E-state index contributed by atoms with van der Waals surface area (Å²) >= 11 is 9.76. The van der Waals surface area contributed by atoms with E-state index in [1.807, 2.05) is 30.9 Å². The van der Waals surface area contributed by atoms with E-state index in [0.29, 0.717) is 0 Å². The van der Waals surface area contributed by atoms with E-state index in [2.05, 4.69) is 45.5 Å². The molecular formula is C15H19BrClN3. The maximum atomic E-state index is 6.32. The van der Waals surface area contributed by atoms with Gasteiger partial charge >= 0.3 is 0 Å². The normalized spacial score (nSPS) is 12.7. The summed E-state index contributed by atoms with van der Waals surface area (Å²) in [6, 6.07) is 6.25. The first kappa shape index (κ1) is 15.5. The molecule has 108 valence electrons. The Morgan fingerprint density at radius 2 is 2.20 bits per heavy atom. The van der Waals surface area contributed by atoms with Crippen molar-refractivity contribution >= 4 is 27.5 Å². The summed E-state index contributed by atoms with van der Waals surface area (Å²) in [5.41, 5.74) is 3.52. The second-order valence-corrected chi connectivity index (χ2v) is 6.16. The summed E-state index contributed by atoms with van der Waals surface area (Å²) in [7, 11) is 3.94. The lowest BCUT2D eigenvalue weighted by atomic mass is 9.98. The molecule has 0 saturated carbocycles. The highest BCUT2D eigenvalue weighted by Crippen LogP contribution is 2.27. The van der Waals surface area contributed by atoms with E-state index in [1.54, 1.807) is 0 Å². The standard InChI is InChI=1S/C15H19BrClN3/c1-4-14-12(9-20(3)19-14)15(18-2)7-10-5-6-11(16)8-13(10)17/h5-6,8-9,15,18H,4,7H2,1-3H3. The smallest absolute Gasteiger partial charge is 0.0669 e. The quantitative estimate of drug-likeness (QED) is 0.880. The van der Waals surface area contributed by atoms with Crippen LogP contribution in [0.25, 0.3) is 0 Å². The molecule has 0 aliphatic rings. The molecule has 0 bridgehead atoms. The fraction of sp³-hybridized carbons (Fsp3) is 0.400. The third-order valence-electron chi connectivity index (χ3n) is 3.44. The lowest BCUT2D eigenvalue weighted by molar-refractivity contribution is 0.586. The average Bonchev–Trinajstić information content (AvgIpc) is 2.79. The molecule has 0 saturated heterocycles. The minimum Gasteiger partial charge on any atom is -0.313 e. The van der Waals surface area contributed by atoms with Crippen LogP contribution in [0.4, 0.5) is 0 Å². The van der Waals surface area contributed by atoms with Crippen molar-refractivity contribution in [2.24, 2.45) is 7.05 Å². The van der Waals surface area contributed by atoms with Gasteiger partial charge in [0.2, 0.25) is 0 Å². The highest BCUT2D eigenvalue weighted by molar-refractivity contribution is 9.10. The maximum Gasteiger partial charge on any atom is 0.0669 e. The number of likely N-dealkylation sites (N-methyl/N-ethyl adjacent to an activating group) is 1. The van der Waals surface area contributed by atoms with Gasteiger partial charge in [-0.15, -0.1) is 0 Å². The van der Waals surface area contributed by atoms with Crippen molar-refractivity contribution in [3.63, 3.8) is 0 Å². The van der Waals surface area contributed by atoms with Gasteiger partial charge in [0.05, 0.1) is 5.69 Å². The van der Waals surface area contributed by atoms with E-state index < -0.39 is 0 Å². The van der Waals surface area contributed by atoms with Crippen LogP contribution in [0.15, 0.2) is 28.9 Å². The molecule has 0 aliphatic carbocycles. The molecule has 1 aromatic carbocycles. The third-order valence-corrected chi connectivity index (χ3v) is 4.28. The number of rotatable bonds is 5. The monoisotopic (exact) mass is 355 g/mol.